The molecule has 3 heteroatoms. The molecule has 1 rings (SSSR count). The summed E-state index contributed by atoms with van der Waals surface area (Å²) >= 11 is 2.21. The Morgan fingerprint density at radius 2 is 1.80 bits per heavy atom. The van der Waals surface area contributed by atoms with Gasteiger partial charge in [0.2, 0.25) is 0 Å². The zero-order chi connectivity index (χ0) is 14.5. The summed E-state index contributed by atoms with van der Waals surface area (Å²) in [4.78, 5) is 4.13. The Hall–Kier alpha value is -0.440. The number of aromatic nitrogens is 2. The van der Waals surface area contributed by atoms with Crippen LogP contribution in [0.1, 0.15) is 71.6 Å². The van der Waals surface area contributed by atoms with Gasteiger partial charge in [0.05, 0.1) is 6.33 Å². The van der Waals surface area contributed by atoms with Crippen molar-refractivity contribution in [2.75, 3.05) is 5.75 Å². The van der Waals surface area contributed by atoms with Crippen LogP contribution in [0.25, 0.3) is 0 Å². The second-order valence-electron chi connectivity index (χ2n) is 5.64. The number of imidazole rings is 1. The van der Waals surface area contributed by atoms with Gasteiger partial charge < -0.3 is 4.57 Å². The van der Waals surface area contributed by atoms with Crippen LogP contribution in [0.5, 0.6) is 0 Å². The van der Waals surface area contributed by atoms with Gasteiger partial charge in [-0.2, -0.15) is 11.8 Å². The normalized spacial score (nSPS) is 12.7. The highest BCUT2D eigenvalue weighted by atomic mass is 32.2. The summed E-state index contributed by atoms with van der Waals surface area (Å²) in [5.41, 5.74) is 0. The summed E-state index contributed by atoms with van der Waals surface area (Å²) in [6.07, 6.45) is 18.2. The van der Waals surface area contributed by atoms with Crippen LogP contribution < -0.4 is 0 Å². The molecule has 0 bridgehead atoms. The van der Waals surface area contributed by atoms with Crippen molar-refractivity contribution in [3.05, 3.63) is 18.7 Å². The van der Waals surface area contributed by atoms with Crippen molar-refractivity contribution in [3.8, 4) is 0 Å². The molecule has 1 atom stereocenters. The zero-order valence-electron chi connectivity index (χ0n) is 13.4. The monoisotopic (exact) mass is 296 g/mol. The Bertz CT molecular complexity index is 298. The van der Waals surface area contributed by atoms with Crippen molar-refractivity contribution in [3.63, 3.8) is 0 Å². The molecular formula is C17H32N2S. The van der Waals surface area contributed by atoms with E-state index in [0.717, 1.165) is 11.8 Å². The molecule has 0 spiro atoms. The van der Waals surface area contributed by atoms with E-state index < -0.39 is 0 Å². The third-order valence-corrected chi connectivity index (χ3v) is 5.22. The molecule has 0 amide bonds. The minimum absolute atomic E-state index is 0.838. The summed E-state index contributed by atoms with van der Waals surface area (Å²) in [7, 11) is 0. The number of thioether (sulfide) groups is 1. The average molecular weight is 297 g/mol. The quantitative estimate of drug-likeness (QED) is 0.445. The topological polar surface area (TPSA) is 17.8 Å². The van der Waals surface area contributed by atoms with Crippen LogP contribution >= 0.6 is 11.8 Å². The van der Waals surface area contributed by atoms with E-state index in [1.54, 1.807) is 0 Å². The van der Waals surface area contributed by atoms with Gasteiger partial charge in [-0.15, -0.1) is 0 Å². The van der Waals surface area contributed by atoms with E-state index in [4.69, 9.17) is 0 Å². The lowest BCUT2D eigenvalue weighted by Gasteiger charge is -2.16. The van der Waals surface area contributed by atoms with Crippen molar-refractivity contribution in [1.29, 1.82) is 0 Å². The number of nitrogens with zero attached hydrogens (tertiary/aromatic N) is 2. The minimum Gasteiger partial charge on any atom is -0.337 e. The Kier molecular flexibility index (Phi) is 10.8. The molecule has 20 heavy (non-hydrogen) atoms. The van der Waals surface area contributed by atoms with Gasteiger partial charge in [0, 0.05) is 24.2 Å². The molecule has 1 aromatic heterocycles. The molecule has 1 heterocycles. The molecule has 0 N–H and O–H groups in total. The lowest BCUT2D eigenvalue weighted by Crippen LogP contribution is -2.08. The minimum atomic E-state index is 0.838. The van der Waals surface area contributed by atoms with Crippen LogP contribution in [0, 0.1) is 0 Å². The summed E-state index contributed by atoms with van der Waals surface area (Å²) in [5, 5.41) is 0.838. The molecular weight excluding hydrogens is 264 g/mol. The smallest absolute Gasteiger partial charge is 0.0945 e. The Balaban J connectivity index is 2.19. The molecule has 0 saturated carbocycles. The van der Waals surface area contributed by atoms with Crippen LogP contribution in [0.2, 0.25) is 0 Å². The van der Waals surface area contributed by atoms with E-state index in [-0.39, 0.29) is 0 Å². The first kappa shape index (κ1) is 17.6. The Morgan fingerprint density at radius 1 is 1.00 bits per heavy atom. The van der Waals surface area contributed by atoms with Gasteiger partial charge in [-0.05, 0) is 25.0 Å². The van der Waals surface area contributed by atoms with Crippen LogP contribution in [0.15, 0.2) is 18.7 Å². The summed E-state index contributed by atoms with van der Waals surface area (Å²) < 4.78 is 2.21. The van der Waals surface area contributed by atoms with E-state index in [1.165, 1.54) is 63.5 Å². The maximum atomic E-state index is 4.13. The van der Waals surface area contributed by atoms with Crippen molar-refractivity contribution < 1.29 is 0 Å². The fourth-order valence-electron chi connectivity index (χ4n) is 2.42. The fourth-order valence-corrected chi connectivity index (χ4v) is 3.73. The predicted molar refractivity (Wildman–Crippen MR) is 91.4 cm³/mol. The molecule has 0 saturated heterocycles. The van der Waals surface area contributed by atoms with Crippen LogP contribution in [0.4, 0.5) is 0 Å². The Labute approximate surface area is 129 Å². The maximum absolute atomic E-state index is 4.13. The highest BCUT2D eigenvalue weighted by Crippen LogP contribution is 2.23. The second kappa shape index (κ2) is 12.3. The van der Waals surface area contributed by atoms with Gasteiger partial charge in [-0.3, -0.25) is 0 Å². The Morgan fingerprint density at radius 3 is 2.50 bits per heavy atom. The largest absolute Gasteiger partial charge is 0.337 e. The van der Waals surface area contributed by atoms with Crippen molar-refractivity contribution >= 4 is 11.8 Å². The van der Waals surface area contributed by atoms with Crippen molar-refractivity contribution in [2.24, 2.45) is 0 Å². The molecule has 1 unspecified atom stereocenters. The molecule has 1 aromatic rings. The van der Waals surface area contributed by atoms with Crippen LogP contribution in [-0.4, -0.2) is 20.6 Å². The first-order chi connectivity index (χ1) is 9.86. The van der Waals surface area contributed by atoms with Crippen molar-refractivity contribution in [2.45, 2.75) is 83.4 Å². The SMILES string of the molecule is CCCCCCSC(CCCCC)CCn1ccnc1. The molecule has 0 aromatic carbocycles. The third kappa shape index (κ3) is 8.68. The van der Waals surface area contributed by atoms with Crippen molar-refractivity contribution in [1.82, 2.24) is 9.55 Å². The van der Waals surface area contributed by atoms with Gasteiger partial charge in [0.15, 0.2) is 0 Å². The molecule has 116 valence electrons. The van der Waals surface area contributed by atoms with E-state index >= 15 is 0 Å². The van der Waals surface area contributed by atoms with Gasteiger partial charge >= 0.3 is 0 Å². The summed E-state index contributed by atoms with van der Waals surface area (Å²) in [5.74, 6) is 1.35. The molecule has 0 aliphatic rings. The lowest BCUT2D eigenvalue weighted by atomic mass is 10.1. The van der Waals surface area contributed by atoms with E-state index in [9.17, 15) is 0 Å². The lowest BCUT2D eigenvalue weighted by molar-refractivity contribution is 0.568. The molecule has 2 nitrogen and oxygen atoms in total. The maximum Gasteiger partial charge on any atom is 0.0945 e. The van der Waals surface area contributed by atoms with E-state index in [0.29, 0.717) is 0 Å². The van der Waals surface area contributed by atoms with E-state index in [2.05, 4.69) is 41.4 Å². The summed E-state index contributed by atoms with van der Waals surface area (Å²) in [6, 6.07) is 0. The summed E-state index contributed by atoms with van der Waals surface area (Å²) in [6.45, 7) is 5.70. The number of hydrogen-bond acceptors (Lipinski definition) is 2. The first-order valence-electron chi connectivity index (χ1n) is 8.44. The number of rotatable bonds is 13. The van der Waals surface area contributed by atoms with Crippen LogP contribution in [-0.2, 0) is 6.54 Å². The third-order valence-electron chi connectivity index (χ3n) is 3.75. The van der Waals surface area contributed by atoms with Gasteiger partial charge in [0.25, 0.3) is 0 Å². The zero-order valence-corrected chi connectivity index (χ0v) is 14.2. The fraction of sp³-hybridized carbons (Fsp3) is 0.824. The predicted octanol–water partition coefficient (Wildman–Crippen LogP) is 5.54. The van der Waals surface area contributed by atoms with Gasteiger partial charge in [0.1, 0.15) is 0 Å². The molecule has 0 radical (unpaired) electrons. The molecule has 0 aliphatic carbocycles. The van der Waals surface area contributed by atoms with E-state index in [1.807, 2.05) is 12.5 Å². The highest BCUT2D eigenvalue weighted by Gasteiger charge is 2.09. The van der Waals surface area contributed by atoms with Gasteiger partial charge in [-0.25, -0.2) is 4.98 Å². The number of aryl methyl sites for hydroxylation is 1. The number of unbranched alkanes of at least 4 members (excludes halogenated alkanes) is 5. The molecule has 0 aliphatic heterocycles. The standard InChI is InChI=1S/C17H32N2S/c1-3-5-7-9-15-20-17(10-8-6-4-2)11-13-19-14-12-18-16-19/h12,14,16-17H,3-11,13,15H2,1-2H3. The van der Waals surface area contributed by atoms with Gasteiger partial charge in [-0.1, -0.05) is 52.4 Å². The van der Waals surface area contributed by atoms with Crippen LogP contribution in [0.3, 0.4) is 0 Å². The molecule has 0 fully saturated rings. The highest BCUT2D eigenvalue weighted by molar-refractivity contribution is 7.99. The average Bonchev–Trinajstić information content (AvgIpc) is 2.97. The number of hydrogen-bond donors (Lipinski definition) is 0. The first-order valence-corrected chi connectivity index (χ1v) is 9.49. The second-order valence-corrected chi connectivity index (χ2v) is 7.05.